The van der Waals surface area contributed by atoms with E-state index in [2.05, 4.69) is 0 Å². The van der Waals surface area contributed by atoms with Gasteiger partial charge in [0.2, 0.25) is 0 Å². The Kier molecular flexibility index (Phi) is 6.38. The predicted molar refractivity (Wildman–Crippen MR) is 117 cm³/mol. The standard InChI is InChI=1S/C26H34O9/c1-14-16(5-7-25(4)17(14)9-22(32)34-23(25)15-6-8-33-12-15)26(13-27)18(10-20(28)29)24(2,3)35-19(26)11-21(30)31/h6,8,12,16,18-19,23,27H,5,7,9-11,13H2,1-4H3,(H,28,29)(H,30,31)/p-2/t16-,18-,19-,23-,25+,26+/m0/s1. The summed E-state index contributed by atoms with van der Waals surface area (Å²) < 4.78 is 17.1. The zero-order chi connectivity index (χ0) is 25.8. The van der Waals surface area contributed by atoms with Gasteiger partial charge in [-0.15, -0.1) is 0 Å². The summed E-state index contributed by atoms with van der Waals surface area (Å²) in [6, 6.07) is 1.77. The van der Waals surface area contributed by atoms with Gasteiger partial charge >= 0.3 is 5.97 Å². The Hall–Kier alpha value is -2.65. The number of cyclic esters (lactones) is 1. The number of hydrogen-bond acceptors (Lipinski definition) is 9. The number of fused-ring (bicyclic) bond motifs is 1. The van der Waals surface area contributed by atoms with Gasteiger partial charge in [-0.2, -0.15) is 0 Å². The lowest BCUT2D eigenvalue weighted by Gasteiger charge is -2.53. The average molecular weight is 489 g/mol. The second kappa shape index (κ2) is 8.78. The van der Waals surface area contributed by atoms with Crippen molar-refractivity contribution >= 4 is 17.9 Å². The number of furan rings is 1. The van der Waals surface area contributed by atoms with Crippen molar-refractivity contribution in [3.8, 4) is 0 Å². The van der Waals surface area contributed by atoms with Gasteiger partial charge in [-0.1, -0.05) is 12.5 Å². The van der Waals surface area contributed by atoms with Crippen LogP contribution in [0.25, 0.3) is 0 Å². The van der Waals surface area contributed by atoms with E-state index in [4.69, 9.17) is 13.9 Å². The smallest absolute Gasteiger partial charge is 0.310 e. The maximum absolute atomic E-state index is 12.7. The van der Waals surface area contributed by atoms with Crippen LogP contribution in [0, 0.1) is 22.7 Å². The van der Waals surface area contributed by atoms with Crippen LogP contribution in [0.2, 0.25) is 0 Å². The lowest BCUT2D eigenvalue weighted by molar-refractivity contribution is -0.309. The zero-order valence-corrected chi connectivity index (χ0v) is 20.5. The minimum Gasteiger partial charge on any atom is -0.550 e. The Morgan fingerprint density at radius 1 is 1.17 bits per heavy atom. The predicted octanol–water partition coefficient (Wildman–Crippen LogP) is 1.05. The molecule has 3 heterocycles. The third-order valence-electron chi connectivity index (χ3n) is 8.81. The van der Waals surface area contributed by atoms with Crippen molar-refractivity contribution in [2.45, 2.75) is 77.6 Å². The van der Waals surface area contributed by atoms with Crippen molar-refractivity contribution in [2.24, 2.45) is 22.7 Å². The Bertz CT molecular complexity index is 1040. The van der Waals surface area contributed by atoms with Gasteiger partial charge in [0.15, 0.2) is 0 Å². The number of carbonyl (C=O) groups is 3. The second-order valence-corrected chi connectivity index (χ2v) is 11.0. The first-order chi connectivity index (χ1) is 16.4. The Balaban J connectivity index is 1.86. The number of carboxylic acid groups (broad SMARTS) is 2. The highest BCUT2D eigenvalue weighted by Crippen LogP contribution is 2.64. The van der Waals surface area contributed by atoms with Crippen molar-refractivity contribution < 1.29 is 43.6 Å². The maximum Gasteiger partial charge on any atom is 0.310 e. The number of ether oxygens (including phenoxy) is 2. The molecule has 0 aromatic carbocycles. The van der Waals surface area contributed by atoms with Gasteiger partial charge in [0.25, 0.3) is 0 Å². The van der Waals surface area contributed by atoms with E-state index >= 15 is 0 Å². The summed E-state index contributed by atoms with van der Waals surface area (Å²) in [5.74, 6) is -4.17. The summed E-state index contributed by atoms with van der Waals surface area (Å²) in [7, 11) is 0. The number of carbonyl (C=O) groups excluding carboxylic acids is 3. The molecule has 2 aliphatic heterocycles. The number of aliphatic carboxylic acids is 2. The molecule has 0 unspecified atom stereocenters. The monoisotopic (exact) mass is 488 g/mol. The lowest BCUT2D eigenvalue weighted by Crippen LogP contribution is -2.53. The van der Waals surface area contributed by atoms with E-state index in [9.17, 15) is 29.7 Å². The molecule has 192 valence electrons. The first kappa shape index (κ1) is 25.4. The first-order valence-electron chi connectivity index (χ1n) is 12.0. The van der Waals surface area contributed by atoms with E-state index < -0.39 is 71.9 Å². The molecule has 9 nitrogen and oxygen atoms in total. The van der Waals surface area contributed by atoms with Crippen LogP contribution < -0.4 is 10.2 Å². The number of allylic oxidation sites excluding steroid dienone is 1. The second-order valence-electron chi connectivity index (χ2n) is 11.0. The summed E-state index contributed by atoms with van der Waals surface area (Å²) in [5, 5.41) is 34.3. The van der Waals surface area contributed by atoms with Crippen molar-refractivity contribution in [3.63, 3.8) is 0 Å². The fourth-order valence-corrected chi connectivity index (χ4v) is 7.29. The number of carboxylic acids is 2. The summed E-state index contributed by atoms with van der Waals surface area (Å²) >= 11 is 0. The van der Waals surface area contributed by atoms with Gasteiger partial charge in [-0.25, -0.2) is 0 Å². The van der Waals surface area contributed by atoms with Gasteiger partial charge in [0.05, 0.1) is 37.3 Å². The molecule has 6 atom stereocenters. The van der Waals surface area contributed by atoms with Crippen molar-refractivity contribution in [1.29, 1.82) is 0 Å². The van der Waals surface area contributed by atoms with Gasteiger partial charge in [0, 0.05) is 40.7 Å². The minimum atomic E-state index is -1.34. The molecule has 0 amide bonds. The summed E-state index contributed by atoms with van der Waals surface area (Å²) in [4.78, 5) is 36.1. The van der Waals surface area contributed by atoms with E-state index in [1.54, 1.807) is 26.2 Å². The van der Waals surface area contributed by atoms with E-state index in [1.807, 2.05) is 13.8 Å². The molecule has 1 aromatic rings. The highest BCUT2D eigenvalue weighted by molar-refractivity contribution is 5.75. The number of aliphatic hydroxyl groups is 1. The fraction of sp³-hybridized carbons (Fsp3) is 0.654. The quantitative estimate of drug-likeness (QED) is 0.439. The van der Waals surface area contributed by atoms with Crippen LogP contribution in [0.3, 0.4) is 0 Å². The van der Waals surface area contributed by atoms with E-state index in [1.165, 1.54) is 6.26 Å². The molecule has 0 spiro atoms. The molecule has 0 bridgehead atoms. The lowest BCUT2D eigenvalue weighted by atomic mass is 9.52. The molecule has 1 N–H and O–H groups in total. The topological polar surface area (TPSA) is 149 Å². The normalized spacial score (nSPS) is 36.5. The molecule has 0 saturated carbocycles. The van der Waals surface area contributed by atoms with Crippen LogP contribution in [0.4, 0.5) is 0 Å². The zero-order valence-electron chi connectivity index (χ0n) is 20.5. The molecule has 3 aliphatic rings. The van der Waals surface area contributed by atoms with Crippen LogP contribution >= 0.6 is 0 Å². The highest BCUT2D eigenvalue weighted by atomic mass is 16.5. The number of rotatable bonds is 7. The van der Waals surface area contributed by atoms with Crippen LogP contribution in [0.15, 0.2) is 34.2 Å². The van der Waals surface area contributed by atoms with Gasteiger partial charge in [-0.3, -0.25) is 4.79 Å². The van der Waals surface area contributed by atoms with Crippen molar-refractivity contribution in [3.05, 3.63) is 35.3 Å². The van der Waals surface area contributed by atoms with Gasteiger partial charge in [0.1, 0.15) is 6.10 Å². The van der Waals surface area contributed by atoms with Crippen molar-refractivity contribution in [2.75, 3.05) is 6.61 Å². The molecule has 0 radical (unpaired) electrons. The summed E-state index contributed by atoms with van der Waals surface area (Å²) in [6.45, 7) is 6.86. The Morgan fingerprint density at radius 2 is 1.86 bits per heavy atom. The molecule has 4 rings (SSSR count). The van der Waals surface area contributed by atoms with E-state index in [0.29, 0.717) is 12.8 Å². The molecule has 2 fully saturated rings. The van der Waals surface area contributed by atoms with E-state index in [0.717, 1.165) is 16.7 Å². The summed E-state index contributed by atoms with van der Waals surface area (Å²) in [6.07, 6.45) is 1.84. The Morgan fingerprint density at radius 3 is 2.43 bits per heavy atom. The third-order valence-corrected chi connectivity index (χ3v) is 8.81. The van der Waals surface area contributed by atoms with Gasteiger partial charge in [-0.05, 0) is 57.6 Å². The maximum atomic E-state index is 12.7. The van der Waals surface area contributed by atoms with Crippen molar-refractivity contribution in [1.82, 2.24) is 0 Å². The van der Waals surface area contributed by atoms with E-state index in [-0.39, 0.29) is 12.4 Å². The average Bonchev–Trinajstić information content (AvgIpc) is 3.35. The van der Waals surface area contributed by atoms with Crippen LogP contribution in [0.5, 0.6) is 0 Å². The molecule has 2 saturated heterocycles. The van der Waals surface area contributed by atoms with Crippen LogP contribution in [-0.4, -0.2) is 41.3 Å². The molecular formula is C26H32O9-2. The minimum absolute atomic E-state index is 0.0647. The molecule has 1 aromatic heterocycles. The fourth-order valence-electron chi connectivity index (χ4n) is 7.29. The largest absolute Gasteiger partial charge is 0.550 e. The van der Waals surface area contributed by atoms with Crippen LogP contribution in [-0.2, 0) is 23.9 Å². The molecule has 9 heteroatoms. The highest BCUT2D eigenvalue weighted by Gasteiger charge is 2.64. The summed E-state index contributed by atoms with van der Waals surface area (Å²) in [5.41, 5.74) is -0.318. The first-order valence-corrected chi connectivity index (χ1v) is 12.0. The molecule has 35 heavy (non-hydrogen) atoms. The van der Waals surface area contributed by atoms with Gasteiger partial charge < -0.3 is 38.8 Å². The SMILES string of the molecule is CC1=C2CC(=O)O[C@@H](c3ccoc3)[C@]2(C)CC[C@@H]1[C@@]1(CO)[C@H](CC(=O)[O-])OC(C)(C)[C@@H]1CC(=O)[O-]. The molecular weight excluding hydrogens is 456 g/mol. The Labute approximate surface area is 204 Å². The third kappa shape index (κ3) is 3.98. The number of aliphatic hydroxyl groups excluding tert-OH is 1. The van der Waals surface area contributed by atoms with Crippen LogP contribution in [0.1, 0.15) is 71.5 Å². The number of esters is 1. The number of hydrogen-bond donors (Lipinski definition) is 1. The molecule has 1 aliphatic carbocycles.